The van der Waals surface area contributed by atoms with Gasteiger partial charge in [0, 0.05) is 18.8 Å². The summed E-state index contributed by atoms with van der Waals surface area (Å²) in [5.41, 5.74) is 3.82. The number of hydrogen-bond donors (Lipinski definition) is 2. The molecule has 1 rings (SSSR count). The van der Waals surface area contributed by atoms with Crippen molar-refractivity contribution in [1.29, 1.82) is 0 Å². The molecule has 0 spiro atoms. The van der Waals surface area contributed by atoms with Gasteiger partial charge < -0.3 is 15.1 Å². The molecule has 0 aliphatic carbocycles. The Kier molecular flexibility index (Phi) is 6.01. The van der Waals surface area contributed by atoms with E-state index in [0.717, 1.165) is 18.5 Å². The molecular weight excluding hydrogens is 214 g/mol. The predicted octanol–water partition coefficient (Wildman–Crippen LogP) is 1.60. The molecule has 17 heavy (non-hydrogen) atoms. The Morgan fingerprint density at radius 1 is 0.941 bits per heavy atom. The molecule has 0 saturated heterocycles. The van der Waals surface area contributed by atoms with Gasteiger partial charge in [-0.2, -0.15) is 0 Å². The van der Waals surface area contributed by atoms with Crippen LogP contribution in [0.3, 0.4) is 0 Å². The zero-order chi connectivity index (χ0) is 12.7. The lowest BCUT2D eigenvalue weighted by Gasteiger charge is -2.24. The molecule has 2 N–H and O–H groups in total. The molecule has 0 saturated carbocycles. The number of aliphatic hydroxyl groups is 2. The molecule has 0 aliphatic rings. The Balaban J connectivity index is 2.94. The van der Waals surface area contributed by atoms with Crippen LogP contribution in [-0.2, 0) is 12.8 Å². The van der Waals surface area contributed by atoms with Gasteiger partial charge in [0.05, 0.1) is 13.2 Å². The summed E-state index contributed by atoms with van der Waals surface area (Å²) in [5.74, 6) is 0. The molecule has 3 nitrogen and oxygen atoms in total. The van der Waals surface area contributed by atoms with Crippen LogP contribution in [0.1, 0.15) is 25.0 Å². The Labute approximate surface area is 104 Å². The fourth-order valence-electron chi connectivity index (χ4n) is 2.09. The second kappa shape index (κ2) is 7.30. The van der Waals surface area contributed by atoms with Crippen LogP contribution >= 0.6 is 0 Å². The van der Waals surface area contributed by atoms with Crippen LogP contribution in [-0.4, -0.2) is 36.5 Å². The van der Waals surface area contributed by atoms with Crippen molar-refractivity contribution in [3.05, 3.63) is 29.3 Å². The minimum atomic E-state index is 0.108. The van der Waals surface area contributed by atoms with Gasteiger partial charge in [-0.3, -0.25) is 0 Å². The molecule has 1 aromatic rings. The van der Waals surface area contributed by atoms with Crippen molar-refractivity contribution in [2.24, 2.45) is 0 Å². The van der Waals surface area contributed by atoms with Crippen molar-refractivity contribution in [3.63, 3.8) is 0 Å². The lowest BCUT2D eigenvalue weighted by molar-refractivity contribution is 0.281. The van der Waals surface area contributed by atoms with Crippen LogP contribution in [0, 0.1) is 0 Å². The van der Waals surface area contributed by atoms with E-state index in [0.29, 0.717) is 13.1 Å². The van der Waals surface area contributed by atoms with E-state index in [2.05, 4.69) is 32.0 Å². The molecule has 3 heteroatoms. The molecule has 0 radical (unpaired) electrons. The van der Waals surface area contributed by atoms with E-state index in [-0.39, 0.29) is 13.2 Å². The fraction of sp³-hybridized carbons (Fsp3) is 0.571. The van der Waals surface area contributed by atoms with Crippen LogP contribution in [0.15, 0.2) is 18.2 Å². The Bertz CT molecular complexity index is 333. The quantitative estimate of drug-likeness (QED) is 0.757. The maximum Gasteiger partial charge on any atom is 0.0606 e. The molecule has 0 unspecified atom stereocenters. The summed E-state index contributed by atoms with van der Waals surface area (Å²) in [6.45, 7) is 5.66. The number of nitrogens with zero attached hydrogens (tertiary/aromatic N) is 1. The van der Waals surface area contributed by atoms with Crippen molar-refractivity contribution < 1.29 is 10.2 Å². The molecule has 0 atom stereocenters. The molecule has 0 bridgehead atoms. The average Bonchev–Trinajstić information content (AvgIpc) is 2.37. The van der Waals surface area contributed by atoms with Gasteiger partial charge in [-0.1, -0.05) is 19.9 Å². The van der Waals surface area contributed by atoms with Gasteiger partial charge in [0.25, 0.3) is 0 Å². The van der Waals surface area contributed by atoms with Crippen LogP contribution < -0.4 is 4.90 Å². The smallest absolute Gasteiger partial charge is 0.0606 e. The van der Waals surface area contributed by atoms with Gasteiger partial charge in [0.2, 0.25) is 0 Å². The topological polar surface area (TPSA) is 43.7 Å². The van der Waals surface area contributed by atoms with Crippen molar-refractivity contribution in [1.82, 2.24) is 0 Å². The summed E-state index contributed by atoms with van der Waals surface area (Å²) in [6, 6.07) is 6.39. The highest BCUT2D eigenvalue weighted by molar-refractivity contribution is 5.51. The van der Waals surface area contributed by atoms with E-state index in [1.54, 1.807) is 0 Å². The standard InChI is InChI=1S/C14H23NO2/c1-3-12-5-6-14(11-13(12)4-2)15(7-9-16)8-10-17/h5-6,11,16-17H,3-4,7-10H2,1-2H3. The molecule has 0 heterocycles. The van der Waals surface area contributed by atoms with E-state index in [1.807, 2.05) is 4.90 Å². The zero-order valence-electron chi connectivity index (χ0n) is 10.8. The van der Waals surface area contributed by atoms with E-state index in [9.17, 15) is 0 Å². The average molecular weight is 237 g/mol. The number of rotatable bonds is 7. The van der Waals surface area contributed by atoms with E-state index in [1.165, 1.54) is 11.1 Å². The largest absolute Gasteiger partial charge is 0.395 e. The van der Waals surface area contributed by atoms with Gasteiger partial charge in [-0.05, 0) is 36.1 Å². The summed E-state index contributed by atoms with van der Waals surface area (Å²) in [6.07, 6.45) is 2.06. The van der Waals surface area contributed by atoms with Crippen molar-refractivity contribution >= 4 is 5.69 Å². The van der Waals surface area contributed by atoms with E-state index in [4.69, 9.17) is 10.2 Å². The first kappa shape index (κ1) is 14.0. The summed E-state index contributed by atoms with van der Waals surface area (Å²) in [4.78, 5) is 2.01. The molecule has 0 amide bonds. The van der Waals surface area contributed by atoms with E-state index < -0.39 is 0 Å². The molecule has 0 aromatic heterocycles. The Morgan fingerprint density at radius 3 is 2.00 bits per heavy atom. The van der Waals surface area contributed by atoms with Crippen molar-refractivity contribution in [2.45, 2.75) is 26.7 Å². The third kappa shape index (κ3) is 3.72. The third-order valence-electron chi connectivity index (χ3n) is 3.06. The summed E-state index contributed by atoms with van der Waals surface area (Å²) in [5, 5.41) is 18.1. The van der Waals surface area contributed by atoms with E-state index >= 15 is 0 Å². The predicted molar refractivity (Wildman–Crippen MR) is 71.6 cm³/mol. The third-order valence-corrected chi connectivity index (χ3v) is 3.06. The van der Waals surface area contributed by atoms with Gasteiger partial charge in [-0.15, -0.1) is 0 Å². The summed E-state index contributed by atoms with van der Waals surface area (Å²) < 4.78 is 0. The first-order chi connectivity index (χ1) is 8.26. The zero-order valence-corrected chi connectivity index (χ0v) is 10.8. The lowest BCUT2D eigenvalue weighted by Crippen LogP contribution is -2.29. The highest BCUT2D eigenvalue weighted by Crippen LogP contribution is 2.20. The molecule has 96 valence electrons. The second-order valence-electron chi connectivity index (χ2n) is 4.09. The number of anilines is 1. The molecule has 0 fully saturated rings. The lowest BCUT2D eigenvalue weighted by atomic mass is 10.0. The minimum Gasteiger partial charge on any atom is -0.395 e. The van der Waals surface area contributed by atoms with Crippen LogP contribution in [0.25, 0.3) is 0 Å². The molecule has 0 aliphatic heterocycles. The van der Waals surface area contributed by atoms with Gasteiger partial charge in [0.15, 0.2) is 0 Å². The number of aryl methyl sites for hydroxylation is 2. The monoisotopic (exact) mass is 237 g/mol. The highest BCUT2D eigenvalue weighted by atomic mass is 16.3. The van der Waals surface area contributed by atoms with Gasteiger partial charge in [-0.25, -0.2) is 0 Å². The SMILES string of the molecule is CCc1ccc(N(CCO)CCO)cc1CC. The van der Waals surface area contributed by atoms with Crippen LogP contribution in [0.2, 0.25) is 0 Å². The van der Waals surface area contributed by atoms with Crippen molar-refractivity contribution in [3.8, 4) is 0 Å². The minimum absolute atomic E-state index is 0.108. The van der Waals surface area contributed by atoms with Crippen LogP contribution in [0.5, 0.6) is 0 Å². The fourth-order valence-corrected chi connectivity index (χ4v) is 2.09. The van der Waals surface area contributed by atoms with Crippen molar-refractivity contribution in [2.75, 3.05) is 31.2 Å². The highest BCUT2D eigenvalue weighted by Gasteiger charge is 2.07. The van der Waals surface area contributed by atoms with Gasteiger partial charge in [0.1, 0.15) is 0 Å². The normalized spacial score (nSPS) is 10.6. The maximum atomic E-state index is 9.03. The molecule has 1 aromatic carbocycles. The van der Waals surface area contributed by atoms with Gasteiger partial charge >= 0.3 is 0 Å². The Morgan fingerprint density at radius 2 is 1.53 bits per heavy atom. The number of benzene rings is 1. The maximum absolute atomic E-state index is 9.03. The second-order valence-corrected chi connectivity index (χ2v) is 4.09. The first-order valence-corrected chi connectivity index (χ1v) is 6.35. The number of aliphatic hydroxyl groups excluding tert-OH is 2. The van der Waals surface area contributed by atoms with Crippen LogP contribution in [0.4, 0.5) is 5.69 Å². The number of hydrogen-bond acceptors (Lipinski definition) is 3. The molecular formula is C14H23NO2. The Hall–Kier alpha value is -1.06. The summed E-state index contributed by atoms with van der Waals surface area (Å²) >= 11 is 0. The first-order valence-electron chi connectivity index (χ1n) is 6.35. The summed E-state index contributed by atoms with van der Waals surface area (Å²) in [7, 11) is 0.